The minimum absolute atomic E-state index is 0.460. The van der Waals surface area contributed by atoms with Crippen LogP contribution in [0.15, 0.2) is 42.7 Å². The first kappa shape index (κ1) is 14.1. The van der Waals surface area contributed by atoms with E-state index < -0.39 is 0 Å². The van der Waals surface area contributed by atoms with E-state index in [1.807, 2.05) is 12.4 Å². The zero-order valence-corrected chi connectivity index (χ0v) is 12.8. The van der Waals surface area contributed by atoms with Crippen LogP contribution < -0.4 is 10.2 Å². The summed E-state index contributed by atoms with van der Waals surface area (Å²) in [6.07, 6.45) is 6.29. The summed E-state index contributed by atoms with van der Waals surface area (Å²) in [4.78, 5) is 6.81. The van der Waals surface area contributed by atoms with E-state index in [1.165, 1.54) is 35.2 Å². The van der Waals surface area contributed by atoms with Crippen LogP contribution in [-0.4, -0.2) is 18.6 Å². The van der Waals surface area contributed by atoms with Gasteiger partial charge in [-0.2, -0.15) is 0 Å². The van der Waals surface area contributed by atoms with Crippen molar-refractivity contribution in [3.05, 3.63) is 59.4 Å². The van der Waals surface area contributed by atoms with E-state index >= 15 is 0 Å². The third-order valence-electron chi connectivity index (χ3n) is 4.23. The summed E-state index contributed by atoms with van der Waals surface area (Å²) in [5.41, 5.74) is 5.28. The molecule has 1 aliphatic heterocycles. The second-order valence-corrected chi connectivity index (χ2v) is 5.83. The first-order valence-corrected chi connectivity index (χ1v) is 7.69. The van der Waals surface area contributed by atoms with Gasteiger partial charge in [0.25, 0.3) is 0 Å². The van der Waals surface area contributed by atoms with Gasteiger partial charge in [-0.25, -0.2) is 0 Å². The molecule has 2 aromatic rings. The average Bonchev–Trinajstić information content (AvgIpc) is 2.67. The Labute approximate surface area is 127 Å². The Morgan fingerprint density at radius 1 is 1.29 bits per heavy atom. The van der Waals surface area contributed by atoms with Crippen molar-refractivity contribution in [1.82, 2.24) is 10.3 Å². The minimum atomic E-state index is 0.460. The summed E-state index contributed by atoms with van der Waals surface area (Å²) in [5, 5.41) is 3.45. The van der Waals surface area contributed by atoms with Gasteiger partial charge in [-0.1, -0.05) is 24.3 Å². The Kier molecular flexibility index (Phi) is 4.20. The predicted octanol–water partition coefficient (Wildman–Crippen LogP) is 3.45. The van der Waals surface area contributed by atoms with Crippen molar-refractivity contribution in [1.29, 1.82) is 0 Å². The molecular formula is C18H23N3. The van der Waals surface area contributed by atoms with E-state index in [0.717, 1.165) is 13.1 Å². The van der Waals surface area contributed by atoms with Crippen molar-refractivity contribution in [2.75, 3.05) is 18.5 Å². The average molecular weight is 281 g/mol. The van der Waals surface area contributed by atoms with Crippen LogP contribution in [0.1, 0.15) is 35.6 Å². The van der Waals surface area contributed by atoms with Crippen molar-refractivity contribution in [3.63, 3.8) is 0 Å². The molecule has 0 amide bonds. The molecule has 1 aromatic heterocycles. The number of pyridine rings is 1. The summed E-state index contributed by atoms with van der Waals surface area (Å²) in [6, 6.07) is 11.5. The van der Waals surface area contributed by atoms with E-state index in [1.54, 1.807) is 0 Å². The van der Waals surface area contributed by atoms with Gasteiger partial charge >= 0.3 is 0 Å². The van der Waals surface area contributed by atoms with Crippen LogP contribution in [-0.2, 0) is 6.54 Å². The maximum absolute atomic E-state index is 4.32. The van der Waals surface area contributed by atoms with Gasteiger partial charge in [0.15, 0.2) is 0 Å². The number of hydrogen-bond acceptors (Lipinski definition) is 3. The van der Waals surface area contributed by atoms with Crippen LogP contribution in [0, 0.1) is 6.92 Å². The van der Waals surface area contributed by atoms with Gasteiger partial charge in [0.2, 0.25) is 0 Å². The fourth-order valence-electron chi connectivity index (χ4n) is 3.22. The zero-order valence-electron chi connectivity index (χ0n) is 12.8. The lowest BCUT2D eigenvalue weighted by atomic mass is 10.0. The van der Waals surface area contributed by atoms with Crippen molar-refractivity contribution < 1.29 is 0 Å². The topological polar surface area (TPSA) is 28.2 Å². The summed E-state index contributed by atoms with van der Waals surface area (Å²) in [7, 11) is 2.06. The summed E-state index contributed by atoms with van der Waals surface area (Å²) >= 11 is 0. The molecule has 1 aliphatic rings. The van der Waals surface area contributed by atoms with E-state index in [4.69, 9.17) is 0 Å². The quantitative estimate of drug-likeness (QED) is 0.934. The van der Waals surface area contributed by atoms with Crippen molar-refractivity contribution in [2.45, 2.75) is 32.4 Å². The number of hydrogen-bond donors (Lipinski definition) is 1. The molecular weight excluding hydrogens is 258 g/mol. The molecule has 3 rings (SSSR count). The largest absolute Gasteiger partial charge is 0.367 e. The molecule has 110 valence electrons. The Morgan fingerprint density at radius 3 is 2.95 bits per heavy atom. The van der Waals surface area contributed by atoms with E-state index in [2.05, 4.69) is 59.5 Å². The molecule has 1 unspecified atom stereocenters. The number of nitrogens with one attached hydrogen (secondary N) is 1. The summed E-state index contributed by atoms with van der Waals surface area (Å²) < 4.78 is 0. The monoisotopic (exact) mass is 281 g/mol. The highest BCUT2D eigenvalue weighted by atomic mass is 15.1. The number of aryl methyl sites for hydroxylation is 1. The number of benzene rings is 1. The first-order valence-electron chi connectivity index (χ1n) is 7.69. The van der Waals surface area contributed by atoms with E-state index in [0.29, 0.717) is 6.04 Å². The van der Waals surface area contributed by atoms with Crippen molar-refractivity contribution in [3.8, 4) is 0 Å². The third kappa shape index (κ3) is 3.08. The van der Waals surface area contributed by atoms with Gasteiger partial charge in [-0.3, -0.25) is 4.98 Å². The van der Waals surface area contributed by atoms with Gasteiger partial charge < -0.3 is 10.2 Å². The molecule has 1 aromatic carbocycles. The summed E-state index contributed by atoms with van der Waals surface area (Å²) in [6.45, 7) is 4.13. The van der Waals surface area contributed by atoms with Crippen molar-refractivity contribution in [2.24, 2.45) is 0 Å². The SMILES string of the molecule is CNC1CCCN(Cc2cncc(C)c2)c2ccccc21. The second kappa shape index (κ2) is 6.27. The van der Waals surface area contributed by atoms with Crippen LogP contribution in [0.5, 0.6) is 0 Å². The Hall–Kier alpha value is -1.87. The second-order valence-electron chi connectivity index (χ2n) is 5.83. The Balaban J connectivity index is 1.91. The molecule has 1 atom stereocenters. The standard InChI is InChI=1S/C18H23N3/c1-14-10-15(12-20-11-14)13-21-9-5-7-17(19-2)16-6-3-4-8-18(16)21/h3-4,6,8,10-12,17,19H,5,7,9,13H2,1-2H3. The molecule has 3 heteroatoms. The first-order chi connectivity index (χ1) is 10.3. The maximum atomic E-state index is 4.32. The maximum Gasteiger partial charge on any atom is 0.0444 e. The number of para-hydroxylation sites is 1. The molecule has 0 bridgehead atoms. The molecule has 21 heavy (non-hydrogen) atoms. The number of nitrogens with zero attached hydrogens (tertiary/aromatic N) is 2. The fraction of sp³-hybridized carbons (Fsp3) is 0.389. The lowest BCUT2D eigenvalue weighted by Gasteiger charge is -2.26. The van der Waals surface area contributed by atoms with E-state index in [-0.39, 0.29) is 0 Å². The lowest BCUT2D eigenvalue weighted by Crippen LogP contribution is -2.23. The molecule has 0 saturated carbocycles. The Bertz CT molecular complexity index is 609. The number of anilines is 1. The third-order valence-corrected chi connectivity index (χ3v) is 4.23. The highest BCUT2D eigenvalue weighted by Gasteiger charge is 2.21. The Morgan fingerprint density at radius 2 is 2.14 bits per heavy atom. The minimum Gasteiger partial charge on any atom is -0.367 e. The molecule has 3 nitrogen and oxygen atoms in total. The molecule has 1 N–H and O–H groups in total. The molecule has 0 fully saturated rings. The van der Waals surface area contributed by atoms with Crippen LogP contribution in [0.25, 0.3) is 0 Å². The van der Waals surface area contributed by atoms with Crippen LogP contribution in [0.4, 0.5) is 5.69 Å². The van der Waals surface area contributed by atoms with Gasteiger partial charge in [0.1, 0.15) is 0 Å². The normalized spacial score (nSPS) is 18.2. The smallest absolute Gasteiger partial charge is 0.0444 e. The van der Waals surface area contributed by atoms with Crippen LogP contribution >= 0.6 is 0 Å². The lowest BCUT2D eigenvalue weighted by molar-refractivity contribution is 0.541. The molecule has 0 saturated heterocycles. The van der Waals surface area contributed by atoms with Gasteiger partial charge in [0, 0.05) is 37.2 Å². The molecule has 0 aliphatic carbocycles. The predicted molar refractivity (Wildman–Crippen MR) is 87.5 cm³/mol. The highest BCUT2D eigenvalue weighted by molar-refractivity contribution is 5.56. The zero-order chi connectivity index (χ0) is 14.7. The highest BCUT2D eigenvalue weighted by Crippen LogP contribution is 2.33. The molecule has 0 spiro atoms. The van der Waals surface area contributed by atoms with Gasteiger partial charge in [0.05, 0.1) is 0 Å². The van der Waals surface area contributed by atoms with Crippen LogP contribution in [0.2, 0.25) is 0 Å². The van der Waals surface area contributed by atoms with Gasteiger partial charge in [-0.15, -0.1) is 0 Å². The number of fused-ring (bicyclic) bond motifs is 1. The summed E-state index contributed by atoms with van der Waals surface area (Å²) in [5.74, 6) is 0. The number of rotatable bonds is 3. The molecule has 0 radical (unpaired) electrons. The molecule has 2 heterocycles. The fourth-order valence-corrected chi connectivity index (χ4v) is 3.22. The van der Waals surface area contributed by atoms with E-state index in [9.17, 15) is 0 Å². The van der Waals surface area contributed by atoms with Gasteiger partial charge in [-0.05, 0) is 49.6 Å². The van der Waals surface area contributed by atoms with Crippen molar-refractivity contribution >= 4 is 5.69 Å². The van der Waals surface area contributed by atoms with Crippen LogP contribution in [0.3, 0.4) is 0 Å². The number of aromatic nitrogens is 1.